The van der Waals surface area contributed by atoms with Gasteiger partial charge in [-0.05, 0) is 38.0 Å². The minimum atomic E-state index is -0.920. The molecular weight excluding hydrogens is 218 g/mol. The van der Waals surface area contributed by atoms with Gasteiger partial charge >= 0.3 is 5.97 Å². The maximum Gasteiger partial charge on any atom is 0.323 e. The molecule has 0 heterocycles. The fourth-order valence-electron chi connectivity index (χ4n) is 2.47. The van der Waals surface area contributed by atoms with Crippen LogP contribution < -0.4 is 0 Å². The predicted molar refractivity (Wildman–Crippen MR) is 65.6 cm³/mol. The van der Waals surface area contributed by atoms with Crippen molar-refractivity contribution in [1.82, 2.24) is 4.90 Å². The Bertz CT molecular complexity index is 270. The molecule has 0 spiro atoms. The number of hydrogen-bond acceptors (Lipinski definition) is 2. The lowest BCUT2D eigenvalue weighted by atomic mass is 9.82. The molecule has 4 nitrogen and oxygen atoms in total. The van der Waals surface area contributed by atoms with E-state index in [1.807, 2.05) is 6.92 Å². The summed E-state index contributed by atoms with van der Waals surface area (Å²) in [6.45, 7) is 4.57. The van der Waals surface area contributed by atoms with Crippen molar-refractivity contribution >= 4 is 11.9 Å². The second kappa shape index (κ2) is 6.62. The Hall–Kier alpha value is -1.06. The summed E-state index contributed by atoms with van der Waals surface area (Å²) in [4.78, 5) is 24.4. The van der Waals surface area contributed by atoms with E-state index in [2.05, 4.69) is 6.92 Å². The molecule has 1 saturated carbocycles. The highest BCUT2D eigenvalue weighted by molar-refractivity contribution is 5.83. The highest BCUT2D eigenvalue weighted by atomic mass is 16.4. The highest BCUT2D eigenvalue weighted by Crippen LogP contribution is 2.29. The normalized spacial score (nSPS) is 24.4. The minimum absolute atomic E-state index is 0.0427. The summed E-state index contributed by atoms with van der Waals surface area (Å²) in [6.07, 6.45) is 4.81. The van der Waals surface area contributed by atoms with Crippen molar-refractivity contribution in [3.05, 3.63) is 0 Å². The molecule has 0 saturated heterocycles. The first-order valence-corrected chi connectivity index (χ1v) is 6.55. The second-order valence-electron chi connectivity index (χ2n) is 5.11. The molecule has 1 N–H and O–H groups in total. The summed E-state index contributed by atoms with van der Waals surface area (Å²) in [5.74, 6) is -0.118. The van der Waals surface area contributed by atoms with Crippen LogP contribution in [-0.4, -0.2) is 35.0 Å². The molecule has 0 radical (unpaired) electrons. The fourth-order valence-corrected chi connectivity index (χ4v) is 2.47. The number of carboxylic acid groups (broad SMARTS) is 1. The van der Waals surface area contributed by atoms with E-state index in [1.165, 1.54) is 4.90 Å². The smallest absolute Gasteiger partial charge is 0.323 e. The lowest BCUT2D eigenvalue weighted by Gasteiger charge is -2.30. The molecule has 1 fully saturated rings. The van der Waals surface area contributed by atoms with Crippen LogP contribution in [-0.2, 0) is 9.59 Å². The van der Waals surface area contributed by atoms with E-state index in [1.54, 1.807) is 0 Å². The zero-order valence-corrected chi connectivity index (χ0v) is 10.8. The van der Waals surface area contributed by atoms with Gasteiger partial charge in [-0.2, -0.15) is 0 Å². The summed E-state index contributed by atoms with van der Waals surface area (Å²) in [5.41, 5.74) is 0. The Balaban J connectivity index is 2.54. The van der Waals surface area contributed by atoms with Gasteiger partial charge in [0.25, 0.3) is 0 Å². The van der Waals surface area contributed by atoms with Crippen LogP contribution in [0.25, 0.3) is 0 Å². The number of amides is 1. The van der Waals surface area contributed by atoms with E-state index in [-0.39, 0.29) is 18.4 Å². The monoisotopic (exact) mass is 241 g/mol. The average Bonchev–Trinajstić information content (AvgIpc) is 2.28. The molecule has 0 aromatic heterocycles. The van der Waals surface area contributed by atoms with Gasteiger partial charge in [0, 0.05) is 12.5 Å². The SMILES string of the molecule is CCCN(CC(=O)O)C(=O)C1CCC(C)CC1. The van der Waals surface area contributed by atoms with Crippen LogP contribution in [0, 0.1) is 11.8 Å². The zero-order valence-electron chi connectivity index (χ0n) is 10.8. The molecule has 1 aliphatic carbocycles. The molecule has 0 aromatic carbocycles. The van der Waals surface area contributed by atoms with E-state index in [0.29, 0.717) is 12.5 Å². The number of aliphatic carboxylic acids is 1. The van der Waals surface area contributed by atoms with Gasteiger partial charge in [0.15, 0.2) is 0 Å². The van der Waals surface area contributed by atoms with Crippen molar-refractivity contribution in [2.24, 2.45) is 11.8 Å². The minimum Gasteiger partial charge on any atom is -0.480 e. The first kappa shape index (κ1) is 14.0. The summed E-state index contributed by atoms with van der Waals surface area (Å²) >= 11 is 0. The van der Waals surface area contributed by atoms with Crippen LogP contribution in [0.1, 0.15) is 46.0 Å². The lowest BCUT2D eigenvalue weighted by Crippen LogP contribution is -2.41. The van der Waals surface area contributed by atoms with Gasteiger partial charge in [-0.15, -0.1) is 0 Å². The Morgan fingerprint density at radius 3 is 2.29 bits per heavy atom. The average molecular weight is 241 g/mol. The number of hydrogen-bond donors (Lipinski definition) is 1. The van der Waals surface area contributed by atoms with Gasteiger partial charge in [-0.3, -0.25) is 9.59 Å². The van der Waals surface area contributed by atoms with Crippen molar-refractivity contribution < 1.29 is 14.7 Å². The largest absolute Gasteiger partial charge is 0.480 e. The maximum absolute atomic E-state index is 12.2. The summed E-state index contributed by atoms with van der Waals surface area (Å²) in [6, 6.07) is 0. The van der Waals surface area contributed by atoms with Crippen molar-refractivity contribution in [3.8, 4) is 0 Å². The summed E-state index contributed by atoms with van der Waals surface area (Å²) in [7, 11) is 0. The van der Waals surface area contributed by atoms with Crippen LogP contribution in [0.15, 0.2) is 0 Å². The molecule has 0 bridgehead atoms. The molecule has 98 valence electrons. The highest BCUT2D eigenvalue weighted by Gasteiger charge is 2.28. The fraction of sp³-hybridized carbons (Fsp3) is 0.846. The van der Waals surface area contributed by atoms with Crippen LogP contribution in [0.2, 0.25) is 0 Å². The maximum atomic E-state index is 12.2. The molecule has 17 heavy (non-hydrogen) atoms. The van der Waals surface area contributed by atoms with Crippen LogP contribution >= 0.6 is 0 Å². The Labute approximate surface area is 103 Å². The topological polar surface area (TPSA) is 57.6 Å². The van der Waals surface area contributed by atoms with Gasteiger partial charge in [0.2, 0.25) is 5.91 Å². The molecule has 1 rings (SSSR count). The molecule has 0 unspecified atom stereocenters. The van der Waals surface area contributed by atoms with Gasteiger partial charge in [0.05, 0.1) is 0 Å². The van der Waals surface area contributed by atoms with E-state index in [9.17, 15) is 9.59 Å². The molecule has 0 atom stereocenters. The Kier molecular flexibility index (Phi) is 5.45. The Morgan fingerprint density at radius 1 is 1.24 bits per heavy atom. The number of rotatable bonds is 5. The van der Waals surface area contributed by atoms with Gasteiger partial charge in [0.1, 0.15) is 6.54 Å². The van der Waals surface area contributed by atoms with Crippen LogP contribution in [0.4, 0.5) is 0 Å². The molecule has 0 aromatic rings. The van der Waals surface area contributed by atoms with E-state index >= 15 is 0 Å². The number of carboxylic acids is 1. The van der Waals surface area contributed by atoms with Gasteiger partial charge < -0.3 is 10.0 Å². The van der Waals surface area contributed by atoms with Crippen molar-refractivity contribution in [3.63, 3.8) is 0 Å². The van der Waals surface area contributed by atoms with Crippen LogP contribution in [0.3, 0.4) is 0 Å². The van der Waals surface area contributed by atoms with Gasteiger partial charge in [-0.1, -0.05) is 13.8 Å². The third-order valence-electron chi connectivity index (χ3n) is 3.50. The predicted octanol–water partition coefficient (Wildman–Crippen LogP) is 2.14. The first-order valence-electron chi connectivity index (χ1n) is 6.55. The molecule has 1 amide bonds. The van der Waals surface area contributed by atoms with Crippen LogP contribution in [0.5, 0.6) is 0 Å². The molecule has 4 heteroatoms. The van der Waals surface area contributed by atoms with Crippen molar-refractivity contribution in [2.75, 3.05) is 13.1 Å². The van der Waals surface area contributed by atoms with E-state index in [4.69, 9.17) is 5.11 Å². The quantitative estimate of drug-likeness (QED) is 0.802. The van der Waals surface area contributed by atoms with E-state index < -0.39 is 5.97 Å². The molecule has 0 aliphatic heterocycles. The van der Waals surface area contributed by atoms with Crippen molar-refractivity contribution in [2.45, 2.75) is 46.0 Å². The number of carbonyl (C=O) groups is 2. The van der Waals surface area contributed by atoms with E-state index in [0.717, 1.165) is 32.1 Å². The summed E-state index contributed by atoms with van der Waals surface area (Å²) in [5, 5.41) is 8.81. The second-order valence-corrected chi connectivity index (χ2v) is 5.11. The van der Waals surface area contributed by atoms with Crippen molar-refractivity contribution in [1.29, 1.82) is 0 Å². The zero-order chi connectivity index (χ0) is 12.8. The first-order chi connectivity index (χ1) is 8.04. The Morgan fingerprint density at radius 2 is 1.82 bits per heavy atom. The number of carbonyl (C=O) groups excluding carboxylic acids is 1. The third kappa shape index (κ3) is 4.36. The molecular formula is C13H23NO3. The lowest BCUT2D eigenvalue weighted by molar-refractivity contribution is -0.147. The third-order valence-corrected chi connectivity index (χ3v) is 3.50. The van der Waals surface area contributed by atoms with Gasteiger partial charge in [-0.25, -0.2) is 0 Å². The summed E-state index contributed by atoms with van der Waals surface area (Å²) < 4.78 is 0. The standard InChI is InChI=1S/C13H23NO3/c1-3-8-14(9-12(15)16)13(17)11-6-4-10(2)5-7-11/h10-11H,3-9H2,1-2H3,(H,15,16). The number of nitrogens with zero attached hydrogens (tertiary/aromatic N) is 1. The molecule has 1 aliphatic rings.